The molecule has 1 aromatic rings. The third-order valence-corrected chi connectivity index (χ3v) is 2.78. The van der Waals surface area contributed by atoms with Gasteiger partial charge in [-0.25, -0.2) is 0 Å². The molecule has 0 unspecified atom stereocenters. The predicted octanol–water partition coefficient (Wildman–Crippen LogP) is 3.02. The Hall–Kier alpha value is -1.44. The first-order valence-electron chi connectivity index (χ1n) is 5.98. The summed E-state index contributed by atoms with van der Waals surface area (Å²) < 4.78 is 0. The normalized spacial score (nSPS) is 11.2. The largest absolute Gasteiger partial charge is 0.298 e. The number of ketones is 2. The van der Waals surface area contributed by atoms with Crippen LogP contribution >= 0.6 is 0 Å². The summed E-state index contributed by atoms with van der Waals surface area (Å²) in [5.41, 5.74) is 0.779. The van der Waals surface area contributed by atoms with Gasteiger partial charge in [0.05, 0.1) is 0 Å². The van der Waals surface area contributed by atoms with Gasteiger partial charge in [-0.05, 0) is 11.6 Å². The van der Waals surface area contributed by atoms with Crippen molar-refractivity contribution in [3.63, 3.8) is 0 Å². The Morgan fingerprint density at radius 2 is 1.35 bits per heavy atom. The van der Waals surface area contributed by atoms with Crippen molar-refractivity contribution in [3.05, 3.63) is 35.9 Å². The summed E-state index contributed by atoms with van der Waals surface area (Å²) in [4.78, 5) is 24.3. The average Bonchev–Trinajstić information content (AvgIpc) is 2.30. The van der Waals surface area contributed by atoms with E-state index in [0.717, 1.165) is 5.56 Å². The van der Waals surface area contributed by atoms with Crippen molar-refractivity contribution < 1.29 is 9.59 Å². The van der Waals surface area contributed by atoms with Crippen LogP contribution in [-0.2, 0) is 9.59 Å². The third kappa shape index (κ3) is 3.26. The average molecular weight is 231 g/mol. The number of carbonyl (C=O) groups excluding carboxylic acids is 2. The van der Waals surface area contributed by atoms with E-state index in [2.05, 4.69) is 6.07 Å². The van der Waals surface area contributed by atoms with Crippen LogP contribution in [0.25, 0.3) is 0 Å². The van der Waals surface area contributed by atoms with Crippen LogP contribution in [0.3, 0.4) is 0 Å². The van der Waals surface area contributed by atoms with Crippen molar-refractivity contribution in [1.29, 1.82) is 0 Å². The zero-order valence-corrected chi connectivity index (χ0v) is 10.9. The third-order valence-electron chi connectivity index (χ3n) is 2.78. The van der Waals surface area contributed by atoms with Crippen molar-refractivity contribution in [3.8, 4) is 0 Å². The van der Waals surface area contributed by atoms with Crippen LogP contribution in [0.4, 0.5) is 0 Å². The lowest BCUT2D eigenvalue weighted by Crippen LogP contribution is -2.28. The van der Waals surface area contributed by atoms with Crippen LogP contribution in [0.1, 0.15) is 39.2 Å². The molecule has 0 aliphatic rings. The maximum Gasteiger partial charge on any atom is 0.150 e. The van der Waals surface area contributed by atoms with Gasteiger partial charge in [0.25, 0.3) is 0 Å². The maximum atomic E-state index is 12.2. The molecule has 0 aliphatic heterocycles. The lowest BCUT2D eigenvalue weighted by atomic mass is 9.82. The zero-order valence-electron chi connectivity index (χ0n) is 10.9. The topological polar surface area (TPSA) is 34.1 Å². The summed E-state index contributed by atoms with van der Waals surface area (Å²) >= 11 is 0. The Labute approximate surface area is 103 Å². The minimum Gasteiger partial charge on any atom is -0.298 e. The number of Topliss-reactive ketones (excluding diaryl/α,β-unsaturated/α-hetero) is 2. The first-order valence-corrected chi connectivity index (χ1v) is 5.98. The molecular formula is C15H19O2. The molecule has 0 N–H and O–H groups in total. The van der Waals surface area contributed by atoms with Gasteiger partial charge in [0.1, 0.15) is 17.5 Å². The van der Waals surface area contributed by atoms with E-state index in [0.29, 0.717) is 0 Å². The number of carbonyl (C=O) groups is 2. The summed E-state index contributed by atoms with van der Waals surface area (Å²) in [7, 11) is 0. The maximum absolute atomic E-state index is 12.2. The molecule has 0 aromatic heterocycles. The van der Waals surface area contributed by atoms with Crippen LogP contribution in [0.2, 0.25) is 0 Å². The zero-order chi connectivity index (χ0) is 13.0. The number of hydrogen-bond donors (Lipinski definition) is 0. The van der Waals surface area contributed by atoms with E-state index < -0.39 is 5.92 Å². The molecule has 1 rings (SSSR count). The predicted molar refractivity (Wildman–Crippen MR) is 67.7 cm³/mol. The number of hydrogen-bond acceptors (Lipinski definition) is 2. The molecule has 0 amide bonds. The van der Waals surface area contributed by atoms with E-state index in [1.165, 1.54) is 0 Å². The highest BCUT2D eigenvalue weighted by Gasteiger charge is 2.31. The van der Waals surface area contributed by atoms with E-state index in [4.69, 9.17) is 0 Å². The minimum absolute atomic E-state index is 0.00472. The van der Waals surface area contributed by atoms with E-state index >= 15 is 0 Å². The van der Waals surface area contributed by atoms with Gasteiger partial charge in [0, 0.05) is 11.8 Å². The van der Waals surface area contributed by atoms with Gasteiger partial charge in [-0.3, -0.25) is 9.59 Å². The Balaban J connectivity index is 3.12. The highest BCUT2D eigenvalue weighted by Crippen LogP contribution is 2.24. The lowest BCUT2D eigenvalue weighted by molar-refractivity contribution is -0.132. The molecule has 0 heterocycles. The monoisotopic (exact) mass is 231 g/mol. The second-order valence-corrected chi connectivity index (χ2v) is 4.88. The minimum atomic E-state index is -0.621. The standard InChI is InChI=1S/C15H19O2/c1-10(2)14(16)13(15(17)11(3)4)12-8-6-5-7-9-12/h6-11,13H,1-4H3. The second-order valence-electron chi connectivity index (χ2n) is 4.88. The first-order chi connectivity index (χ1) is 7.95. The summed E-state index contributed by atoms with van der Waals surface area (Å²) in [6.07, 6.45) is 0. The highest BCUT2D eigenvalue weighted by atomic mass is 16.2. The van der Waals surface area contributed by atoms with Gasteiger partial charge >= 0.3 is 0 Å². The molecule has 0 saturated heterocycles. The molecule has 0 aliphatic carbocycles. The van der Waals surface area contributed by atoms with Crippen molar-refractivity contribution in [1.82, 2.24) is 0 Å². The Kier molecular flexibility index (Phi) is 4.62. The quantitative estimate of drug-likeness (QED) is 0.730. The molecule has 0 fully saturated rings. The van der Waals surface area contributed by atoms with Gasteiger partial charge in [0.15, 0.2) is 0 Å². The van der Waals surface area contributed by atoms with E-state index in [1.807, 2.05) is 27.7 Å². The molecule has 0 atom stereocenters. The molecule has 2 nitrogen and oxygen atoms in total. The van der Waals surface area contributed by atoms with Gasteiger partial charge < -0.3 is 0 Å². The Morgan fingerprint density at radius 1 is 0.941 bits per heavy atom. The molecule has 1 radical (unpaired) electrons. The van der Waals surface area contributed by atoms with E-state index in [-0.39, 0.29) is 23.4 Å². The summed E-state index contributed by atoms with van der Waals surface area (Å²) in [6, 6.07) is 9.97. The Morgan fingerprint density at radius 3 is 1.71 bits per heavy atom. The molecule has 1 aromatic carbocycles. The fraction of sp³-hybridized carbons (Fsp3) is 0.467. The van der Waals surface area contributed by atoms with Crippen molar-refractivity contribution in [2.45, 2.75) is 33.6 Å². The molecule has 0 saturated carbocycles. The van der Waals surface area contributed by atoms with Crippen LogP contribution in [-0.4, -0.2) is 11.6 Å². The van der Waals surface area contributed by atoms with Gasteiger partial charge in [-0.2, -0.15) is 0 Å². The molecule has 91 valence electrons. The molecule has 0 bridgehead atoms. The van der Waals surface area contributed by atoms with Gasteiger partial charge in [-0.15, -0.1) is 0 Å². The molecular weight excluding hydrogens is 212 g/mol. The van der Waals surface area contributed by atoms with E-state index in [9.17, 15) is 9.59 Å². The first kappa shape index (κ1) is 13.6. The number of benzene rings is 1. The second kappa shape index (κ2) is 5.76. The molecule has 0 spiro atoms. The number of rotatable bonds is 5. The van der Waals surface area contributed by atoms with E-state index in [1.54, 1.807) is 24.3 Å². The highest BCUT2D eigenvalue weighted by molar-refractivity contribution is 6.08. The SMILES string of the molecule is CC(C)C(=O)C(C(=O)C(C)C)c1cc[c]cc1. The summed E-state index contributed by atoms with van der Waals surface area (Å²) in [5, 5.41) is 0. The Bertz CT molecular complexity index is 371. The molecule has 2 heteroatoms. The summed E-state index contributed by atoms with van der Waals surface area (Å²) in [5.74, 6) is -0.895. The fourth-order valence-corrected chi connectivity index (χ4v) is 1.73. The van der Waals surface area contributed by atoms with Crippen molar-refractivity contribution >= 4 is 11.6 Å². The van der Waals surface area contributed by atoms with Crippen molar-refractivity contribution in [2.75, 3.05) is 0 Å². The molecule has 17 heavy (non-hydrogen) atoms. The lowest BCUT2D eigenvalue weighted by Gasteiger charge is -2.19. The van der Waals surface area contributed by atoms with Gasteiger partial charge in [-0.1, -0.05) is 52.0 Å². The smallest absolute Gasteiger partial charge is 0.150 e. The fourth-order valence-electron chi connectivity index (χ4n) is 1.73. The van der Waals surface area contributed by atoms with Crippen molar-refractivity contribution in [2.24, 2.45) is 11.8 Å². The van der Waals surface area contributed by atoms with Crippen LogP contribution in [0.15, 0.2) is 24.3 Å². The van der Waals surface area contributed by atoms with Crippen LogP contribution in [0, 0.1) is 17.9 Å². The van der Waals surface area contributed by atoms with Crippen LogP contribution < -0.4 is 0 Å². The van der Waals surface area contributed by atoms with Crippen LogP contribution in [0.5, 0.6) is 0 Å². The summed E-state index contributed by atoms with van der Waals surface area (Å²) in [6.45, 7) is 7.33. The van der Waals surface area contributed by atoms with Gasteiger partial charge in [0.2, 0.25) is 0 Å².